The van der Waals surface area contributed by atoms with Crippen LogP contribution < -0.4 is 5.43 Å². The number of nitrogens with one attached hydrogen (secondary N) is 1. The summed E-state index contributed by atoms with van der Waals surface area (Å²) in [6.07, 6.45) is 0.135. The number of carbonyl (C=O) groups excluding carboxylic acids is 1. The fourth-order valence-electron chi connectivity index (χ4n) is 2.32. The molecule has 1 amide bonds. The van der Waals surface area contributed by atoms with Gasteiger partial charge in [-0.15, -0.1) is 0 Å². The van der Waals surface area contributed by atoms with E-state index in [1.165, 1.54) is 0 Å². The Hall–Kier alpha value is -1.72. The molecule has 114 valence electrons. The van der Waals surface area contributed by atoms with Crippen LogP contribution in [0.25, 0.3) is 0 Å². The van der Waals surface area contributed by atoms with Crippen molar-refractivity contribution >= 4 is 11.6 Å². The number of hydrogen-bond acceptors (Lipinski definition) is 4. The number of carbonyl (C=O) groups is 1. The minimum absolute atomic E-state index is 0.135. The van der Waals surface area contributed by atoms with Crippen LogP contribution in [-0.4, -0.2) is 30.6 Å². The standard InChI is InChI=1S/C16H22N2O3/c1-11-5-6-12(2)14(9-11)13(3)17-18-15(19)10-16(4)20-7-8-21-16/h5-6,9H,7-8,10H2,1-4H3,(H,18,19)/b17-13+. The predicted molar refractivity (Wildman–Crippen MR) is 81.2 cm³/mol. The van der Waals surface area contributed by atoms with Gasteiger partial charge in [0.05, 0.1) is 25.3 Å². The van der Waals surface area contributed by atoms with Gasteiger partial charge in [-0.1, -0.05) is 17.7 Å². The molecule has 0 spiro atoms. The van der Waals surface area contributed by atoms with Crippen molar-refractivity contribution in [2.24, 2.45) is 5.10 Å². The van der Waals surface area contributed by atoms with E-state index in [1.807, 2.05) is 26.8 Å². The molecule has 1 aliphatic heterocycles. The topological polar surface area (TPSA) is 59.9 Å². The number of nitrogens with zero attached hydrogens (tertiary/aromatic N) is 1. The maximum atomic E-state index is 11.9. The number of aryl methyl sites for hydroxylation is 2. The van der Waals surface area contributed by atoms with Gasteiger partial charge in [0, 0.05) is 5.56 Å². The molecule has 0 unspecified atom stereocenters. The summed E-state index contributed by atoms with van der Waals surface area (Å²) in [5.41, 5.74) is 6.68. The third-order valence-electron chi connectivity index (χ3n) is 3.51. The quantitative estimate of drug-likeness (QED) is 0.683. The first-order valence-electron chi connectivity index (χ1n) is 7.08. The van der Waals surface area contributed by atoms with Gasteiger partial charge in [-0.05, 0) is 39.3 Å². The average molecular weight is 290 g/mol. The molecule has 1 aromatic rings. The summed E-state index contributed by atoms with van der Waals surface area (Å²) < 4.78 is 10.8. The lowest BCUT2D eigenvalue weighted by Gasteiger charge is -2.20. The molecule has 1 saturated heterocycles. The van der Waals surface area contributed by atoms with E-state index in [4.69, 9.17) is 9.47 Å². The number of hydrogen-bond donors (Lipinski definition) is 1. The van der Waals surface area contributed by atoms with Gasteiger partial charge >= 0.3 is 0 Å². The Bertz CT molecular complexity index is 561. The lowest BCUT2D eigenvalue weighted by Crippen LogP contribution is -2.33. The van der Waals surface area contributed by atoms with Crippen LogP contribution in [0.2, 0.25) is 0 Å². The summed E-state index contributed by atoms with van der Waals surface area (Å²) in [6, 6.07) is 6.16. The normalized spacial score (nSPS) is 17.8. The molecule has 0 atom stereocenters. The zero-order valence-electron chi connectivity index (χ0n) is 13.0. The van der Waals surface area contributed by atoms with E-state index in [0.717, 1.165) is 22.4 Å². The van der Waals surface area contributed by atoms with Crippen LogP contribution in [0.5, 0.6) is 0 Å². The van der Waals surface area contributed by atoms with Crippen molar-refractivity contribution < 1.29 is 14.3 Å². The van der Waals surface area contributed by atoms with Gasteiger partial charge in [0.2, 0.25) is 5.91 Å². The summed E-state index contributed by atoms with van der Waals surface area (Å²) in [6.45, 7) is 8.75. The molecule has 0 aliphatic carbocycles. The molecule has 1 fully saturated rings. The smallest absolute Gasteiger partial charge is 0.245 e. The van der Waals surface area contributed by atoms with Crippen molar-refractivity contribution in [3.05, 3.63) is 34.9 Å². The summed E-state index contributed by atoms with van der Waals surface area (Å²) in [5, 5.41) is 4.18. The van der Waals surface area contributed by atoms with Gasteiger partial charge in [0.15, 0.2) is 5.79 Å². The van der Waals surface area contributed by atoms with Crippen molar-refractivity contribution in [3.8, 4) is 0 Å². The van der Waals surface area contributed by atoms with Gasteiger partial charge in [0.25, 0.3) is 0 Å². The second-order valence-corrected chi connectivity index (χ2v) is 5.56. The molecule has 0 radical (unpaired) electrons. The highest BCUT2D eigenvalue weighted by Gasteiger charge is 2.33. The van der Waals surface area contributed by atoms with Crippen molar-refractivity contribution in [3.63, 3.8) is 0 Å². The van der Waals surface area contributed by atoms with Gasteiger partial charge < -0.3 is 9.47 Å². The Balaban J connectivity index is 1.99. The van der Waals surface area contributed by atoms with Crippen molar-refractivity contribution in [1.29, 1.82) is 0 Å². The molecule has 1 aromatic carbocycles. The molecule has 5 nitrogen and oxygen atoms in total. The highest BCUT2D eigenvalue weighted by atomic mass is 16.7. The lowest BCUT2D eigenvalue weighted by molar-refractivity contribution is -0.159. The third-order valence-corrected chi connectivity index (χ3v) is 3.51. The molecule has 21 heavy (non-hydrogen) atoms. The average Bonchev–Trinajstić information content (AvgIpc) is 2.85. The number of ether oxygens (including phenoxy) is 2. The Morgan fingerprint density at radius 1 is 1.33 bits per heavy atom. The van der Waals surface area contributed by atoms with E-state index in [-0.39, 0.29) is 12.3 Å². The van der Waals surface area contributed by atoms with E-state index in [2.05, 4.69) is 22.7 Å². The third kappa shape index (κ3) is 4.12. The van der Waals surface area contributed by atoms with Gasteiger partial charge in [0.1, 0.15) is 0 Å². The Labute approximate surface area is 125 Å². The van der Waals surface area contributed by atoms with E-state index in [9.17, 15) is 4.79 Å². The first-order chi connectivity index (χ1) is 9.89. The fraction of sp³-hybridized carbons (Fsp3) is 0.500. The highest BCUT2D eigenvalue weighted by molar-refractivity contribution is 6.00. The highest BCUT2D eigenvalue weighted by Crippen LogP contribution is 2.22. The largest absolute Gasteiger partial charge is 0.347 e. The van der Waals surface area contributed by atoms with E-state index in [1.54, 1.807) is 6.92 Å². The second kappa shape index (κ2) is 6.37. The van der Waals surface area contributed by atoms with Crippen LogP contribution in [0, 0.1) is 13.8 Å². The monoisotopic (exact) mass is 290 g/mol. The fourth-order valence-corrected chi connectivity index (χ4v) is 2.32. The molecule has 1 heterocycles. The van der Waals surface area contributed by atoms with Crippen LogP contribution in [0.15, 0.2) is 23.3 Å². The molecule has 5 heteroatoms. The lowest BCUT2D eigenvalue weighted by atomic mass is 10.0. The van der Waals surface area contributed by atoms with Crippen LogP contribution in [-0.2, 0) is 14.3 Å². The Morgan fingerprint density at radius 3 is 2.67 bits per heavy atom. The second-order valence-electron chi connectivity index (χ2n) is 5.56. The van der Waals surface area contributed by atoms with E-state index in [0.29, 0.717) is 13.2 Å². The zero-order chi connectivity index (χ0) is 15.5. The summed E-state index contributed by atoms with van der Waals surface area (Å²) in [5.74, 6) is -1.05. The molecule has 0 bridgehead atoms. The van der Waals surface area contributed by atoms with Gasteiger partial charge in [-0.25, -0.2) is 5.43 Å². The van der Waals surface area contributed by atoms with E-state index < -0.39 is 5.79 Å². The SMILES string of the molecule is C/C(=N\NC(=O)CC1(C)OCCO1)c1cc(C)ccc1C. The Kier molecular flexibility index (Phi) is 4.75. The van der Waals surface area contributed by atoms with Crippen molar-refractivity contribution in [1.82, 2.24) is 5.43 Å². The summed E-state index contributed by atoms with van der Waals surface area (Å²) in [4.78, 5) is 11.9. The van der Waals surface area contributed by atoms with Crippen molar-refractivity contribution in [2.45, 2.75) is 39.9 Å². The number of hydrazone groups is 1. The van der Waals surface area contributed by atoms with Gasteiger partial charge in [-0.2, -0.15) is 5.10 Å². The van der Waals surface area contributed by atoms with Gasteiger partial charge in [-0.3, -0.25) is 4.79 Å². The van der Waals surface area contributed by atoms with Crippen LogP contribution in [0.3, 0.4) is 0 Å². The maximum Gasteiger partial charge on any atom is 0.245 e. The van der Waals surface area contributed by atoms with Crippen LogP contribution >= 0.6 is 0 Å². The molecule has 2 rings (SSSR count). The maximum absolute atomic E-state index is 11.9. The Morgan fingerprint density at radius 2 is 2.00 bits per heavy atom. The first-order valence-corrected chi connectivity index (χ1v) is 7.08. The molecule has 1 N–H and O–H groups in total. The predicted octanol–water partition coefficient (Wildman–Crippen LogP) is 2.30. The summed E-state index contributed by atoms with van der Waals surface area (Å²) >= 11 is 0. The molecular weight excluding hydrogens is 268 g/mol. The molecule has 0 aromatic heterocycles. The number of amides is 1. The molecule has 1 aliphatic rings. The van der Waals surface area contributed by atoms with Crippen LogP contribution in [0.4, 0.5) is 0 Å². The van der Waals surface area contributed by atoms with E-state index >= 15 is 0 Å². The first kappa shape index (κ1) is 15.7. The van der Waals surface area contributed by atoms with Crippen LogP contribution in [0.1, 0.15) is 37.0 Å². The number of benzene rings is 1. The zero-order valence-corrected chi connectivity index (χ0v) is 13.0. The van der Waals surface area contributed by atoms with Crippen molar-refractivity contribution in [2.75, 3.05) is 13.2 Å². The minimum Gasteiger partial charge on any atom is -0.347 e. The molecular formula is C16H22N2O3. The minimum atomic E-state index is -0.827. The number of rotatable bonds is 4. The summed E-state index contributed by atoms with van der Waals surface area (Å²) in [7, 11) is 0. The molecule has 0 saturated carbocycles.